The fraction of sp³-hybridized carbons (Fsp3) is 0. The Morgan fingerprint density at radius 2 is 0.938 bits per heavy atom. The Morgan fingerprint density at radius 1 is 0.323 bits per heavy atom. The van der Waals surface area contributed by atoms with E-state index in [1.165, 1.54) is 43.5 Å². The fourth-order valence-corrected chi connectivity index (χ4v) is 10.0. The Bertz CT molecular complexity index is 3910. The SMILES string of the molecule is c1cc(-c2ccc3oc4c5ccccc5ccc4c3c2)cc(N(c2ccc(-c3cccc(-n4c5ccccc5c5ccccc54)c3)cc2)c2ccccc2-c2ccc3ccccc3c2)c1. The van der Waals surface area contributed by atoms with E-state index in [1.807, 2.05) is 0 Å². The van der Waals surface area contributed by atoms with Gasteiger partial charge in [-0.15, -0.1) is 0 Å². The lowest BCUT2D eigenvalue weighted by atomic mass is 9.97. The minimum absolute atomic E-state index is 0.892. The van der Waals surface area contributed by atoms with E-state index in [4.69, 9.17) is 4.42 Å². The summed E-state index contributed by atoms with van der Waals surface area (Å²) >= 11 is 0. The zero-order valence-electron chi connectivity index (χ0n) is 35.4. The lowest BCUT2D eigenvalue weighted by molar-refractivity contribution is 0.672. The Labute approximate surface area is 376 Å². The molecule has 304 valence electrons. The van der Waals surface area contributed by atoms with E-state index in [9.17, 15) is 0 Å². The monoisotopic (exact) mass is 828 g/mol. The molecule has 0 N–H and O–H groups in total. The number of rotatable bonds is 7. The zero-order chi connectivity index (χ0) is 42.8. The molecule has 3 heteroatoms. The first-order chi connectivity index (χ1) is 32.2. The van der Waals surface area contributed by atoms with Crippen molar-refractivity contribution in [3.8, 4) is 39.1 Å². The van der Waals surface area contributed by atoms with Crippen molar-refractivity contribution >= 4 is 82.4 Å². The molecule has 0 aliphatic carbocycles. The molecule has 0 aliphatic rings. The Morgan fingerprint density at radius 3 is 1.75 bits per heavy atom. The number of para-hydroxylation sites is 3. The minimum Gasteiger partial charge on any atom is -0.455 e. The fourth-order valence-electron chi connectivity index (χ4n) is 10.0. The van der Waals surface area contributed by atoms with Crippen LogP contribution in [0.1, 0.15) is 0 Å². The molecule has 2 aromatic heterocycles. The van der Waals surface area contributed by atoms with Gasteiger partial charge in [-0.1, -0.05) is 164 Å². The summed E-state index contributed by atoms with van der Waals surface area (Å²) < 4.78 is 8.89. The van der Waals surface area contributed by atoms with Crippen LogP contribution in [0.4, 0.5) is 17.1 Å². The van der Waals surface area contributed by atoms with Gasteiger partial charge < -0.3 is 13.9 Å². The van der Waals surface area contributed by atoms with Gasteiger partial charge in [0.1, 0.15) is 11.2 Å². The summed E-state index contributed by atoms with van der Waals surface area (Å²) in [5.74, 6) is 0. The molecule has 2 heterocycles. The average Bonchev–Trinajstić information content (AvgIpc) is 3.93. The molecule has 13 rings (SSSR count). The Balaban J connectivity index is 0.935. The van der Waals surface area contributed by atoms with Crippen molar-refractivity contribution in [3.05, 3.63) is 243 Å². The van der Waals surface area contributed by atoms with Crippen LogP contribution in [0.5, 0.6) is 0 Å². The van der Waals surface area contributed by atoms with Crippen molar-refractivity contribution in [2.75, 3.05) is 4.90 Å². The number of hydrogen-bond donors (Lipinski definition) is 0. The maximum Gasteiger partial charge on any atom is 0.143 e. The number of aromatic nitrogens is 1. The van der Waals surface area contributed by atoms with Crippen LogP contribution in [0.25, 0.3) is 104 Å². The van der Waals surface area contributed by atoms with Crippen LogP contribution in [0.2, 0.25) is 0 Å². The highest BCUT2D eigenvalue weighted by Crippen LogP contribution is 2.44. The predicted molar refractivity (Wildman–Crippen MR) is 274 cm³/mol. The number of fused-ring (bicyclic) bond motifs is 9. The van der Waals surface area contributed by atoms with Crippen LogP contribution in [0.3, 0.4) is 0 Å². The Hall–Kier alpha value is -8.66. The Kier molecular flexibility index (Phi) is 8.53. The number of hydrogen-bond acceptors (Lipinski definition) is 2. The van der Waals surface area contributed by atoms with Gasteiger partial charge in [0.05, 0.1) is 16.7 Å². The third kappa shape index (κ3) is 6.20. The van der Waals surface area contributed by atoms with Gasteiger partial charge in [0.25, 0.3) is 0 Å². The standard InChI is InChI=1S/C62H40N2O/c1-2-15-44-37-48(28-27-41(44)13-1)52-20-5-8-24-58(52)63(50-18-12-17-46(39-50)47-32-36-61-57(40-47)56-35-31-43-14-3-4-21-53(43)62(56)65-61)49-33-29-42(30-34-49)45-16-11-19-51(38-45)64-59-25-9-6-22-54(59)55-23-7-10-26-60(55)64/h1-40H. The topological polar surface area (TPSA) is 21.3 Å². The lowest BCUT2D eigenvalue weighted by Crippen LogP contribution is -2.11. The zero-order valence-corrected chi connectivity index (χ0v) is 35.4. The molecule has 0 aliphatic heterocycles. The second kappa shape index (κ2) is 15.0. The predicted octanol–water partition coefficient (Wildman–Crippen LogP) is 17.5. The summed E-state index contributed by atoms with van der Waals surface area (Å²) in [5.41, 5.74) is 15.5. The maximum absolute atomic E-state index is 6.51. The van der Waals surface area contributed by atoms with Gasteiger partial charge >= 0.3 is 0 Å². The molecule has 0 unspecified atom stereocenters. The molecule has 0 fully saturated rings. The number of anilines is 3. The molecule has 0 saturated carbocycles. The molecule has 0 spiro atoms. The number of benzene rings is 11. The highest BCUT2D eigenvalue weighted by Gasteiger charge is 2.20. The van der Waals surface area contributed by atoms with Crippen LogP contribution < -0.4 is 4.90 Å². The largest absolute Gasteiger partial charge is 0.455 e. The summed E-state index contributed by atoms with van der Waals surface area (Å²) in [5, 5.41) is 9.52. The van der Waals surface area contributed by atoms with E-state index in [1.54, 1.807) is 0 Å². The van der Waals surface area contributed by atoms with E-state index in [-0.39, 0.29) is 0 Å². The van der Waals surface area contributed by atoms with Crippen LogP contribution in [-0.2, 0) is 0 Å². The van der Waals surface area contributed by atoms with Crippen LogP contribution >= 0.6 is 0 Å². The number of furan rings is 1. The maximum atomic E-state index is 6.51. The average molecular weight is 829 g/mol. The van der Waals surface area contributed by atoms with Crippen molar-refractivity contribution in [3.63, 3.8) is 0 Å². The van der Waals surface area contributed by atoms with E-state index < -0.39 is 0 Å². The summed E-state index contributed by atoms with van der Waals surface area (Å²) in [6.45, 7) is 0. The minimum atomic E-state index is 0.892. The summed E-state index contributed by atoms with van der Waals surface area (Å²) in [6, 6.07) is 87.8. The molecule has 11 aromatic carbocycles. The van der Waals surface area contributed by atoms with Gasteiger partial charge in [0.15, 0.2) is 0 Å². The first-order valence-corrected chi connectivity index (χ1v) is 22.2. The first kappa shape index (κ1) is 36.9. The van der Waals surface area contributed by atoms with E-state index in [0.717, 1.165) is 77.9 Å². The molecule has 13 aromatic rings. The highest BCUT2D eigenvalue weighted by molar-refractivity contribution is 6.15. The van der Waals surface area contributed by atoms with E-state index in [2.05, 4.69) is 252 Å². The molecular formula is C62H40N2O. The van der Waals surface area contributed by atoms with Crippen LogP contribution in [-0.4, -0.2) is 4.57 Å². The highest BCUT2D eigenvalue weighted by atomic mass is 16.3. The smallest absolute Gasteiger partial charge is 0.143 e. The first-order valence-electron chi connectivity index (χ1n) is 22.2. The second-order valence-corrected chi connectivity index (χ2v) is 16.9. The van der Waals surface area contributed by atoms with Gasteiger partial charge in [-0.25, -0.2) is 0 Å². The van der Waals surface area contributed by atoms with Gasteiger partial charge in [0, 0.05) is 49.6 Å². The molecular weight excluding hydrogens is 789 g/mol. The molecule has 0 amide bonds. The van der Waals surface area contributed by atoms with Crippen LogP contribution in [0, 0.1) is 0 Å². The molecule has 0 bridgehead atoms. The number of nitrogens with zero attached hydrogens (tertiary/aromatic N) is 2. The molecule has 3 nitrogen and oxygen atoms in total. The van der Waals surface area contributed by atoms with Gasteiger partial charge in [-0.3, -0.25) is 0 Å². The van der Waals surface area contributed by atoms with Gasteiger partial charge in [-0.2, -0.15) is 0 Å². The van der Waals surface area contributed by atoms with Crippen molar-refractivity contribution in [2.24, 2.45) is 0 Å². The molecule has 65 heavy (non-hydrogen) atoms. The van der Waals surface area contributed by atoms with Crippen molar-refractivity contribution < 1.29 is 4.42 Å². The summed E-state index contributed by atoms with van der Waals surface area (Å²) in [7, 11) is 0. The van der Waals surface area contributed by atoms with E-state index in [0.29, 0.717) is 0 Å². The lowest BCUT2D eigenvalue weighted by Gasteiger charge is -2.28. The molecule has 0 saturated heterocycles. The van der Waals surface area contributed by atoms with Crippen LogP contribution in [0.15, 0.2) is 247 Å². The molecule has 0 radical (unpaired) electrons. The van der Waals surface area contributed by atoms with Crippen molar-refractivity contribution in [1.29, 1.82) is 0 Å². The van der Waals surface area contributed by atoms with E-state index >= 15 is 0 Å². The van der Waals surface area contributed by atoms with Gasteiger partial charge in [0.2, 0.25) is 0 Å². The summed E-state index contributed by atoms with van der Waals surface area (Å²) in [6.07, 6.45) is 0. The molecule has 0 atom stereocenters. The third-order valence-electron chi connectivity index (χ3n) is 13.1. The van der Waals surface area contributed by atoms with Gasteiger partial charge in [-0.05, 0) is 123 Å². The van der Waals surface area contributed by atoms with Crippen molar-refractivity contribution in [2.45, 2.75) is 0 Å². The normalized spacial score (nSPS) is 11.7. The second-order valence-electron chi connectivity index (χ2n) is 16.9. The van der Waals surface area contributed by atoms with Crippen molar-refractivity contribution in [1.82, 2.24) is 4.57 Å². The third-order valence-corrected chi connectivity index (χ3v) is 13.1. The summed E-state index contributed by atoms with van der Waals surface area (Å²) in [4.78, 5) is 2.41. The quantitative estimate of drug-likeness (QED) is 0.160.